The van der Waals surface area contributed by atoms with E-state index in [9.17, 15) is 0 Å². The molecule has 0 N–H and O–H groups in total. The molecular weight excluding hydrogens is 173 g/mol. The molecule has 0 aliphatic heterocycles. The van der Waals surface area contributed by atoms with E-state index in [1.165, 1.54) is 12.8 Å². The number of hydrogen-bond acceptors (Lipinski definition) is 0. The van der Waals surface area contributed by atoms with E-state index in [0.717, 1.165) is 12.3 Å². The zero-order valence-corrected chi connectivity index (χ0v) is 8.82. The topological polar surface area (TPSA) is 0 Å². The maximum Gasteiger partial charge on any atom is 0 e. The Balaban J connectivity index is 0. The van der Waals surface area contributed by atoms with Crippen molar-refractivity contribution in [1.82, 2.24) is 0 Å². The molecule has 0 fully saturated rings. The van der Waals surface area contributed by atoms with Gasteiger partial charge < -0.3 is 6.92 Å². The van der Waals surface area contributed by atoms with Crippen molar-refractivity contribution in [3.05, 3.63) is 6.92 Å². The molecule has 1 atom stereocenters. The number of hydrogen-bond donors (Lipinski definition) is 0. The first-order valence-electron chi connectivity index (χ1n) is 3.10. The van der Waals surface area contributed by atoms with Crippen LogP contribution in [0, 0.1) is 12.8 Å². The first-order valence-corrected chi connectivity index (χ1v) is 3.10. The maximum absolute atomic E-state index is 3.80. The SMILES string of the molecule is [CH2-]C[C@@H](C)CCC.[Y]. The van der Waals surface area contributed by atoms with Crippen molar-refractivity contribution in [1.29, 1.82) is 0 Å². The van der Waals surface area contributed by atoms with Crippen LogP contribution in [0.4, 0.5) is 0 Å². The predicted molar refractivity (Wildman–Crippen MR) is 34.0 cm³/mol. The normalized spacial score (nSPS) is 12.4. The molecular formula is C7H15Y-. The van der Waals surface area contributed by atoms with Crippen molar-refractivity contribution in [3.8, 4) is 0 Å². The second-order valence-electron chi connectivity index (χ2n) is 2.18. The Morgan fingerprint density at radius 1 is 1.50 bits per heavy atom. The summed E-state index contributed by atoms with van der Waals surface area (Å²) >= 11 is 0. The Hall–Kier alpha value is 1.10. The second kappa shape index (κ2) is 8.10. The van der Waals surface area contributed by atoms with Gasteiger partial charge in [-0.15, -0.1) is 0 Å². The van der Waals surface area contributed by atoms with Crippen molar-refractivity contribution in [2.45, 2.75) is 33.1 Å². The Kier molecular flexibility index (Phi) is 12.0. The van der Waals surface area contributed by atoms with Crippen LogP contribution in [0.25, 0.3) is 0 Å². The average Bonchev–Trinajstić information content (AvgIpc) is 1.68. The van der Waals surface area contributed by atoms with Crippen LogP contribution in [0.1, 0.15) is 33.1 Å². The minimum absolute atomic E-state index is 0. The van der Waals surface area contributed by atoms with E-state index in [-0.39, 0.29) is 32.7 Å². The van der Waals surface area contributed by atoms with E-state index in [0.29, 0.717) is 0 Å². The molecule has 0 heterocycles. The van der Waals surface area contributed by atoms with E-state index in [2.05, 4.69) is 20.8 Å². The molecule has 0 saturated heterocycles. The minimum atomic E-state index is 0. The first kappa shape index (κ1) is 11.8. The fourth-order valence-electron chi connectivity index (χ4n) is 0.637. The van der Waals surface area contributed by atoms with Gasteiger partial charge in [0.15, 0.2) is 0 Å². The molecule has 0 aliphatic carbocycles. The first-order chi connectivity index (χ1) is 3.31. The molecule has 1 heteroatoms. The van der Waals surface area contributed by atoms with Gasteiger partial charge in [-0.25, -0.2) is 0 Å². The van der Waals surface area contributed by atoms with Gasteiger partial charge in [0.25, 0.3) is 0 Å². The molecule has 0 amide bonds. The second-order valence-corrected chi connectivity index (χ2v) is 2.18. The van der Waals surface area contributed by atoms with Gasteiger partial charge in [0.05, 0.1) is 0 Å². The van der Waals surface area contributed by atoms with E-state index in [1.807, 2.05) is 0 Å². The zero-order valence-electron chi connectivity index (χ0n) is 5.98. The summed E-state index contributed by atoms with van der Waals surface area (Å²) in [5.41, 5.74) is 0. The molecule has 0 rings (SSSR count). The van der Waals surface area contributed by atoms with Gasteiger partial charge in [0, 0.05) is 32.7 Å². The summed E-state index contributed by atoms with van der Waals surface area (Å²) in [5.74, 6) is 0.838. The minimum Gasteiger partial charge on any atom is -0.343 e. The molecule has 0 aromatic heterocycles. The van der Waals surface area contributed by atoms with Gasteiger partial charge in [0.1, 0.15) is 0 Å². The molecule has 0 aromatic rings. The zero-order chi connectivity index (χ0) is 5.70. The van der Waals surface area contributed by atoms with Crippen molar-refractivity contribution in [3.63, 3.8) is 0 Å². The smallest absolute Gasteiger partial charge is 0 e. The summed E-state index contributed by atoms with van der Waals surface area (Å²) in [6, 6.07) is 0. The largest absolute Gasteiger partial charge is 0.343 e. The van der Waals surface area contributed by atoms with Gasteiger partial charge in [0.2, 0.25) is 0 Å². The fourth-order valence-corrected chi connectivity index (χ4v) is 0.637. The summed E-state index contributed by atoms with van der Waals surface area (Å²) in [7, 11) is 0. The van der Waals surface area contributed by atoms with Crippen LogP contribution in [0.5, 0.6) is 0 Å². The molecule has 0 spiro atoms. The summed E-state index contributed by atoms with van der Waals surface area (Å²) in [4.78, 5) is 0. The van der Waals surface area contributed by atoms with Crippen molar-refractivity contribution in [2.24, 2.45) is 5.92 Å². The maximum atomic E-state index is 3.80. The third kappa shape index (κ3) is 7.10. The van der Waals surface area contributed by atoms with Crippen molar-refractivity contribution < 1.29 is 32.7 Å². The third-order valence-electron chi connectivity index (χ3n) is 1.27. The van der Waals surface area contributed by atoms with E-state index < -0.39 is 0 Å². The summed E-state index contributed by atoms with van der Waals surface area (Å²) < 4.78 is 0. The average molecular weight is 188 g/mol. The molecule has 8 heavy (non-hydrogen) atoms. The summed E-state index contributed by atoms with van der Waals surface area (Å²) in [5, 5.41) is 0. The van der Waals surface area contributed by atoms with E-state index >= 15 is 0 Å². The van der Waals surface area contributed by atoms with Gasteiger partial charge in [-0.3, -0.25) is 0 Å². The molecule has 0 saturated carbocycles. The standard InChI is InChI=1S/C7H15.Y/c1-4-6-7(3)5-2;/h7H,2,4-6H2,1,3H3;/q-1;/t7-;/m1./s1. The van der Waals surface area contributed by atoms with Crippen LogP contribution in [-0.4, -0.2) is 0 Å². The van der Waals surface area contributed by atoms with Gasteiger partial charge in [-0.05, 0) is 0 Å². The van der Waals surface area contributed by atoms with Crippen LogP contribution in [0.15, 0.2) is 0 Å². The van der Waals surface area contributed by atoms with Crippen LogP contribution < -0.4 is 0 Å². The Morgan fingerprint density at radius 3 is 2.12 bits per heavy atom. The van der Waals surface area contributed by atoms with Crippen LogP contribution in [-0.2, 0) is 32.7 Å². The summed E-state index contributed by atoms with van der Waals surface area (Å²) in [6.07, 6.45) is 3.73. The van der Waals surface area contributed by atoms with Crippen molar-refractivity contribution >= 4 is 0 Å². The fraction of sp³-hybridized carbons (Fsp3) is 0.857. The number of rotatable bonds is 3. The Labute approximate surface area is 78.3 Å². The van der Waals surface area contributed by atoms with Crippen LogP contribution in [0.3, 0.4) is 0 Å². The Bertz CT molecular complexity index is 35.4. The van der Waals surface area contributed by atoms with E-state index in [1.54, 1.807) is 0 Å². The predicted octanol–water partition coefficient (Wildman–Crippen LogP) is 2.64. The van der Waals surface area contributed by atoms with Crippen molar-refractivity contribution in [2.75, 3.05) is 0 Å². The van der Waals surface area contributed by atoms with Gasteiger partial charge in [-0.1, -0.05) is 32.6 Å². The van der Waals surface area contributed by atoms with Crippen LogP contribution >= 0.6 is 0 Å². The monoisotopic (exact) mass is 188 g/mol. The molecule has 0 aromatic carbocycles. The molecule has 1 radical (unpaired) electrons. The molecule has 0 nitrogen and oxygen atoms in total. The van der Waals surface area contributed by atoms with Gasteiger partial charge in [-0.2, -0.15) is 6.42 Å². The summed E-state index contributed by atoms with van der Waals surface area (Å²) in [6.45, 7) is 8.27. The molecule has 0 aliphatic rings. The van der Waals surface area contributed by atoms with E-state index in [4.69, 9.17) is 0 Å². The molecule has 0 bridgehead atoms. The van der Waals surface area contributed by atoms with Crippen LogP contribution in [0.2, 0.25) is 0 Å². The third-order valence-corrected chi connectivity index (χ3v) is 1.27. The molecule has 47 valence electrons. The molecule has 0 unspecified atom stereocenters. The quantitative estimate of drug-likeness (QED) is 0.597. The van der Waals surface area contributed by atoms with Gasteiger partial charge >= 0.3 is 0 Å². The Morgan fingerprint density at radius 2 is 2.00 bits per heavy atom.